The molecule has 1 heterocycles. The number of carbonyl (C=O) groups excluding carboxylic acids is 2. The Labute approximate surface area is 118 Å². The number of methoxy groups -OCH3 is 1. The number of likely N-dealkylation sites (tertiary alicyclic amines) is 1. The number of rotatable bonds is 2. The molecule has 5 heteroatoms. The number of nitrogens with zero attached hydrogens (tertiary/aromatic N) is 1. The molecule has 1 amide bonds. The monoisotopic (exact) mass is 277 g/mol. The number of ether oxygens (including phenoxy) is 1. The van der Waals surface area contributed by atoms with Crippen LogP contribution in [0.15, 0.2) is 18.2 Å². The molecular formula is C15H19NO4. The zero-order chi connectivity index (χ0) is 14.9. The highest BCUT2D eigenvalue weighted by Crippen LogP contribution is 2.26. The van der Waals surface area contributed by atoms with Crippen molar-refractivity contribution in [2.45, 2.75) is 13.8 Å². The highest BCUT2D eigenvalue weighted by Gasteiger charge is 2.37. The van der Waals surface area contributed by atoms with Gasteiger partial charge in [0.25, 0.3) is 5.91 Å². The molecule has 0 saturated carbocycles. The summed E-state index contributed by atoms with van der Waals surface area (Å²) in [7, 11) is 1.36. The molecule has 5 nitrogen and oxygen atoms in total. The van der Waals surface area contributed by atoms with E-state index in [1.165, 1.54) is 13.2 Å². The minimum Gasteiger partial charge on any atom is -0.508 e. The molecule has 1 saturated heterocycles. The van der Waals surface area contributed by atoms with Gasteiger partial charge in [0, 0.05) is 18.7 Å². The second-order valence-corrected chi connectivity index (χ2v) is 5.32. The fourth-order valence-corrected chi connectivity index (χ4v) is 2.56. The lowest BCUT2D eigenvalue weighted by atomic mass is 9.99. The fraction of sp³-hybridized carbons (Fsp3) is 0.467. The molecule has 2 rings (SSSR count). The third-order valence-corrected chi connectivity index (χ3v) is 3.85. The van der Waals surface area contributed by atoms with Crippen molar-refractivity contribution in [1.82, 2.24) is 4.90 Å². The van der Waals surface area contributed by atoms with Gasteiger partial charge in [0.1, 0.15) is 5.75 Å². The van der Waals surface area contributed by atoms with E-state index in [-0.39, 0.29) is 29.5 Å². The Balaban J connectivity index is 2.14. The van der Waals surface area contributed by atoms with Gasteiger partial charge in [0.2, 0.25) is 0 Å². The molecule has 0 spiro atoms. The Morgan fingerprint density at radius 3 is 2.65 bits per heavy atom. The smallest absolute Gasteiger partial charge is 0.310 e. The molecule has 1 aliphatic heterocycles. The Hall–Kier alpha value is -2.04. The average Bonchev–Trinajstić information content (AvgIpc) is 2.82. The standard InChI is InChI=1S/C15H19NO4/c1-9-6-11(4-5-13(9)17)14(18)16-7-10(2)12(8-16)15(19)20-3/h4-6,10,12,17H,7-8H2,1-3H3. The van der Waals surface area contributed by atoms with Crippen LogP contribution in [0.25, 0.3) is 0 Å². The van der Waals surface area contributed by atoms with Gasteiger partial charge in [-0.15, -0.1) is 0 Å². The number of hydrogen-bond acceptors (Lipinski definition) is 4. The minimum atomic E-state index is -0.269. The minimum absolute atomic E-state index is 0.0876. The van der Waals surface area contributed by atoms with Gasteiger partial charge in [-0.25, -0.2) is 0 Å². The summed E-state index contributed by atoms with van der Waals surface area (Å²) in [6.45, 7) is 4.61. The van der Waals surface area contributed by atoms with Crippen LogP contribution in [0, 0.1) is 18.8 Å². The van der Waals surface area contributed by atoms with Gasteiger partial charge in [-0.05, 0) is 36.6 Å². The summed E-state index contributed by atoms with van der Waals surface area (Å²) >= 11 is 0. The largest absolute Gasteiger partial charge is 0.508 e. The Morgan fingerprint density at radius 2 is 2.05 bits per heavy atom. The molecule has 0 bridgehead atoms. The quantitative estimate of drug-likeness (QED) is 0.833. The van der Waals surface area contributed by atoms with Crippen LogP contribution in [0.5, 0.6) is 5.75 Å². The lowest BCUT2D eigenvalue weighted by Gasteiger charge is -2.16. The van der Waals surface area contributed by atoms with Gasteiger partial charge in [-0.1, -0.05) is 6.92 Å². The molecule has 0 aliphatic carbocycles. The average molecular weight is 277 g/mol. The molecular weight excluding hydrogens is 258 g/mol. The topological polar surface area (TPSA) is 66.8 Å². The molecule has 108 valence electrons. The van der Waals surface area contributed by atoms with Crippen LogP contribution in [-0.4, -0.2) is 42.1 Å². The van der Waals surface area contributed by atoms with E-state index in [1.807, 2.05) is 6.92 Å². The van der Waals surface area contributed by atoms with Crippen LogP contribution in [0.3, 0.4) is 0 Å². The lowest BCUT2D eigenvalue weighted by Crippen LogP contribution is -2.30. The third kappa shape index (κ3) is 2.61. The molecule has 20 heavy (non-hydrogen) atoms. The SMILES string of the molecule is COC(=O)C1CN(C(=O)c2ccc(O)c(C)c2)CC1C. The van der Waals surface area contributed by atoms with Crippen LogP contribution in [-0.2, 0) is 9.53 Å². The summed E-state index contributed by atoms with van der Waals surface area (Å²) in [5, 5.41) is 9.49. The molecule has 0 radical (unpaired) electrons. The van der Waals surface area contributed by atoms with Gasteiger partial charge in [0.15, 0.2) is 0 Å². The van der Waals surface area contributed by atoms with Crippen molar-refractivity contribution in [3.63, 3.8) is 0 Å². The number of amides is 1. The second-order valence-electron chi connectivity index (χ2n) is 5.32. The number of benzene rings is 1. The number of phenols is 1. The lowest BCUT2D eigenvalue weighted by molar-refractivity contribution is -0.146. The summed E-state index contributed by atoms with van der Waals surface area (Å²) in [5.74, 6) is -0.392. The van der Waals surface area contributed by atoms with Gasteiger partial charge >= 0.3 is 5.97 Å². The zero-order valence-corrected chi connectivity index (χ0v) is 11.9. The first-order chi connectivity index (χ1) is 9.43. The van der Waals surface area contributed by atoms with Gasteiger partial charge in [-0.2, -0.15) is 0 Å². The van der Waals surface area contributed by atoms with Crippen LogP contribution < -0.4 is 0 Å². The number of phenolic OH excluding ortho intramolecular Hbond substituents is 1. The molecule has 1 aromatic rings. The summed E-state index contributed by atoms with van der Waals surface area (Å²) in [6, 6.07) is 4.77. The van der Waals surface area contributed by atoms with Crippen LogP contribution >= 0.6 is 0 Å². The maximum absolute atomic E-state index is 12.4. The number of hydrogen-bond donors (Lipinski definition) is 1. The summed E-state index contributed by atoms with van der Waals surface area (Å²) in [6.07, 6.45) is 0. The summed E-state index contributed by atoms with van der Waals surface area (Å²) < 4.78 is 4.76. The van der Waals surface area contributed by atoms with Crippen molar-refractivity contribution in [3.8, 4) is 5.75 Å². The van der Waals surface area contributed by atoms with E-state index < -0.39 is 0 Å². The van der Waals surface area contributed by atoms with E-state index in [2.05, 4.69) is 0 Å². The van der Waals surface area contributed by atoms with Gasteiger partial charge in [0.05, 0.1) is 13.0 Å². The third-order valence-electron chi connectivity index (χ3n) is 3.85. The molecule has 0 aromatic heterocycles. The van der Waals surface area contributed by atoms with Crippen LogP contribution in [0.4, 0.5) is 0 Å². The summed E-state index contributed by atoms with van der Waals surface area (Å²) in [4.78, 5) is 25.7. The van der Waals surface area contributed by atoms with Crippen molar-refractivity contribution in [1.29, 1.82) is 0 Å². The molecule has 2 unspecified atom stereocenters. The molecule has 1 aliphatic rings. The van der Waals surface area contributed by atoms with Gasteiger partial charge < -0.3 is 14.7 Å². The predicted octanol–water partition coefficient (Wildman–Crippen LogP) is 1.58. The number of aromatic hydroxyl groups is 1. The Bertz CT molecular complexity index is 541. The van der Waals surface area contributed by atoms with E-state index in [1.54, 1.807) is 24.0 Å². The first-order valence-corrected chi connectivity index (χ1v) is 6.60. The van der Waals surface area contributed by atoms with Crippen molar-refractivity contribution in [2.24, 2.45) is 11.8 Å². The maximum Gasteiger partial charge on any atom is 0.310 e. The first-order valence-electron chi connectivity index (χ1n) is 6.60. The van der Waals surface area contributed by atoms with Crippen LogP contribution in [0.2, 0.25) is 0 Å². The number of carbonyl (C=O) groups is 2. The van der Waals surface area contributed by atoms with Crippen molar-refractivity contribution >= 4 is 11.9 Å². The van der Waals surface area contributed by atoms with E-state index in [0.717, 1.165) is 0 Å². The number of esters is 1. The molecule has 1 N–H and O–H groups in total. The first kappa shape index (κ1) is 14.4. The fourth-order valence-electron chi connectivity index (χ4n) is 2.56. The predicted molar refractivity (Wildman–Crippen MR) is 73.4 cm³/mol. The van der Waals surface area contributed by atoms with Crippen molar-refractivity contribution in [3.05, 3.63) is 29.3 Å². The molecule has 1 aromatic carbocycles. The van der Waals surface area contributed by atoms with E-state index in [0.29, 0.717) is 24.2 Å². The van der Waals surface area contributed by atoms with Gasteiger partial charge in [-0.3, -0.25) is 9.59 Å². The van der Waals surface area contributed by atoms with Crippen LogP contribution in [0.1, 0.15) is 22.8 Å². The Morgan fingerprint density at radius 1 is 1.35 bits per heavy atom. The highest BCUT2D eigenvalue weighted by atomic mass is 16.5. The molecule has 2 atom stereocenters. The highest BCUT2D eigenvalue weighted by molar-refractivity contribution is 5.95. The van der Waals surface area contributed by atoms with E-state index >= 15 is 0 Å². The zero-order valence-electron chi connectivity index (χ0n) is 11.9. The van der Waals surface area contributed by atoms with Crippen molar-refractivity contribution in [2.75, 3.05) is 20.2 Å². The normalized spacial score (nSPS) is 21.9. The summed E-state index contributed by atoms with van der Waals surface area (Å²) in [5.41, 5.74) is 1.19. The Kier molecular flexibility index (Phi) is 3.97. The van der Waals surface area contributed by atoms with E-state index in [9.17, 15) is 14.7 Å². The van der Waals surface area contributed by atoms with E-state index in [4.69, 9.17) is 4.74 Å². The van der Waals surface area contributed by atoms with Crippen molar-refractivity contribution < 1.29 is 19.4 Å². The maximum atomic E-state index is 12.4. The second kappa shape index (κ2) is 5.53. The molecule has 1 fully saturated rings. The number of aryl methyl sites for hydroxylation is 1.